The fraction of sp³-hybridized carbons (Fsp3) is 0.217. The zero-order chi connectivity index (χ0) is 23.1. The van der Waals surface area contributed by atoms with E-state index in [0.29, 0.717) is 46.6 Å². The summed E-state index contributed by atoms with van der Waals surface area (Å²) in [5.74, 6) is -0.377. The van der Waals surface area contributed by atoms with Crippen LogP contribution in [0, 0.1) is 6.92 Å². The van der Waals surface area contributed by atoms with Crippen molar-refractivity contribution in [2.75, 3.05) is 25.2 Å². The Bertz CT molecular complexity index is 1300. The van der Waals surface area contributed by atoms with Crippen LogP contribution in [0.3, 0.4) is 0 Å². The molecule has 1 saturated heterocycles. The number of fused-ring (bicyclic) bond motifs is 1. The minimum absolute atomic E-state index is 0.0576. The van der Waals surface area contributed by atoms with Crippen molar-refractivity contribution in [1.29, 1.82) is 0 Å². The second kappa shape index (κ2) is 8.21. The molecule has 0 spiro atoms. The number of carbonyl (C=O) groups excluding carboxylic acids is 2. The van der Waals surface area contributed by atoms with E-state index in [-0.39, 0.29) is 16.5 Å². The maximum Gasteiger partial charge on any atom is 0.301 e. The van der Waals surface area contributed by atoms with Crippen LogP contribution >= 0.6 is 11.3 Å². The summed E-state index contributed by atoms with van der Waals surface area (Å²) in [6.45, 7) is 2.57. The zero-order valence-electron chi connectivity index (χ0n) is 17.8. The SMILES string of the molecule is COc1cccc([C@@H]2/C(=C(\O)c3ccc4c(c3)OCCO4)C(=O)C(=O)N2c2nnc(C)s2)c1. The molecule has 0 bridgehead atoms. The summed E-state index contributed by atoms with van der Waals surface area (Å²) in [4.78, 5) is 27.6. The largest absolute Gasteiger partial charge is 0.507 e. The number of aliphatic hydroxyl groups is 1. The highest BCUT2D eigenvalue weighted by Gasteiger charge is 2.48. The van der Waals surface area contributed by atoms with Crippen LogP contribution in [0.15, 0.2) is 48.0 Å². The number of methoxy groups -OCH3 is 1. The van der Waals surface area contributed by atoms with Crippen LogP contribution < -0.4 is 19.1 Å². The number of hydrogen-bond acceptors (Lipinski definition) is 9. The predicted molar refractivity (Wildman–Crippen MR) is 120 cm³/mol. The molecule has 2 aliphatic rings. The maximum absolute atomic E-state index is 13.2. The lowest BCUT2D eigenvalue weighted by atomic mass is 9.95. The number of Topliss-reactive ketones (excluding diaryl/α,β-unsaturated/α-hetero) is 1. The van der Waals surface area contributed by atoms with Gasteiger partial charge in [-0.15, -0.1) is 10.2 Å². The van der Waals surface area contributed by atoms with Crippen LogP contribution in [0.1, 0.15) is 22.2 Å². The maximum atomic E-state index is 13.2. The second-order valence-corrected chi connectivity index (χ2v) is 8.57. The number of ether oxygens (including phenoxy) is 3. The molecule has 1 N–H and O–H groups in total. The van der Waals surface area contributed by atoms with E-state index in [1.807, 2.05) is 0 Å². The van der Waals surface area contributed by atoms with Crippen molar-refractivity contribution in [3.8, 4) is 17.2 Å². The first kappa shape index (κ1) is 21.0. The lowest BCUT2D eigenvalue weighted by Gasteiger charge is -2.23. The van der Waals surface area contributed by atoms with Gasteiger partial charge in [0.05, 0.1) is 18.7 Å². The quantitative estimate of drug-likeness (QED) is 0.355. The van der Waals surface area contributed by atoms with Gasteiger partial charge in [-0.1, -0.05) is 23.5 Å². The predicted octanol–water partition coefficient (Wildman–Crippen LogP) is 3.25. The van der Waals surface area contributed by atoms with Gasteiger partial charge in [0.15, 0.2) is 11.5 Å². The summed E-state index contributed by atoms with van der Waals surface area (Å²) in [5.41, 5.74) is 0.858. The van der Waals surface area contributed by atoms with Gasteiger partial charge < -0.3 is 19.3 Å². The normalized spacial score (nSPS) is 19.1. The van der Waals surface area contributed by atoms with Crippen molar-refractivity contribution in [3.63, 3.8) is 0 Å². The Labute approximate surface area is 192 Å². The number of ketones is 1. The van der Waals surface area contributed by atoms with E-state index in [9.17, 15) is 14.7 Å². The number of rotatable bonds is 4. The van der Waals surface area contributed by atoms with Crippen LogP contribution in [0.5, 0.6) is 17.2 Å². The summed E-state index contributed by atoms with van der Waals surface area (Å²) >= 11 is 1.19. The van der Waals surface area contributed by atoms with Crippen LogP contribution in [-0.2, 0) is 9.59 Å². The van der Waals surface area contributed by atoms with Gasteiger partial charge in [0.2, 0.25) is 5.13 Å². The van der Waals surface area contributed by atoms with Crippen LogP contribution in [-0.4, -0.2) is 47.3 Å². The zero-order valence-corrected chi connectivity index (χ0v) is 18.6. The second-order valence-electron chi connectivity index (χ2n) is 7.41. The van der Waals surface area contributed by atoms with E-state index in [4.69, 9.17) is 14.2 Å². The van der Waals surface area contributed by atoms with Crippen molar-refractivity contribution in [2.24, 2.45) is 0 Å². The van der Waals surface area contributed by atoms with Gasteiger partial charge in [-0.25, -0.2) is 0 Å². The standard InChI is InChI=1S/C23H19N3O6S/c1-12-24-25-23(33-12)26-19(13-4-3-5-15(10-13)30-2)18(21(28)22(26)29)20(27)14-6-7-16-17(11-14)32-9-8-31-16/h3-7,10-11,19,27H,8-9H2,1-2H3/b20-18+/t19-/m1/s1. The Balaban J connectivity index is 1.70. The number of hydrogen-bond donors (Lipinski definition) is 1. The molecule has 2 aliphatic heterocycles. The van der Waals surface area contributed by atoms with Crippen LogP contribution in [0.2, 0.25) is 0 Å². The molecule has 1 fully saturated rings. The average Bonchev–Trinajstić information content (AvgIpc) is 3.38. The summed E-state index contributed by atoms with van der Waals surface area (Å²) in [6.07, 6.45) is 0. The molecule has 168 valence electrons. The van der Waals surface area contributed by atoms with E-state index in [2.05, 4.69) is 10.2 Å². The van der Waals surface area contributed by atoms with Crippen molar-refractivity contribution in [3.05, 3.63) is 64.2 Å². The first-order valence-electron chi connectivity index (χ1n) is 10.1. The Morgan fingerprint density at radius 1 is 1.12 bits per heavy atom. The number of carbonyl (C=O) groups is 2. The van der Waals surface area contributed by atoms with Gasteiger partial charge in [-0.05, 0) is 42.8 Å². The number of amides is 1. The summed E-state index contributed by atoms with van der Waals surface area (Å²) in [7, 11) is 1.53. The van der Waals surface area contributed by atoms with E-state index in [0.717, 1.165) is 0 Å². The van der Waals surface area contributed by atoms with Gasteiger partial charge in [-0.3, -0.25) is 14.5 Å². The molecule has 3 aromatic rings. The monoisotopic (exact) mass is 465 g/mol. The highest BCUT2D eigenvalue weighted by Crippen LogP contribution is 2.44. The van der Waals surface area contributed by atoms with E-state index >= 15 is 0 Å². The van der Waals surface area contributed by atoms with Gasteiger partial charge in [0, 0.05) is 5.56 Å². The van der Waals surface area contributed by atoms with Crippen LogP contribution in [0.25, 0.3) is 5.76 Å². The lowest BCUT2D eigenvalue weighted by molar-refractivity contribution is -0.132. The molecule has 33 heavy (non-hydrogen) atoms. The number of anilines is 1. The number of nitrogens with zero attached hydrogens (tertiary/aromatic N) is 3. The number of aliphatic hydroxyl groups excluding tert-OH is 1. The first-order valence-corrected chi connectivity index (χ1v) is 10.9. The van der Waals surface area contributed by atoms with Crippen molar-refractivity contribution in [2.45, 2.75) is 13.0 Å². The molecule has 9 nitrogen and oxygen atoms in total. The van der Waals surface area contributed by atoms with E-state index in [1.165, 1.54) is 23.3 Å². The molecule has 2 aromatic carbocycles. The van der Waals surface area contributed by atoms with Gasteiger partial charge in [0.1, 0.15) is 29.7 Å². The highest BCUT2D eigenvalue weighted by atomic mass is 32.1. The molecule has 0 aliphatic carbocycles. The molecule has 0 radical (unpaired) electrons. The molecular weight excluding hydrogens is 446 g/mol. The minimum Gasteiger partial charge on any atom is -0.507 e. The van der Waals surface area contributed by atoms with E-state index in [1.54, 1.807) is 49.4 Å². The third-order valence-electron chi connectivity index (χ3n) is 5.39. The number of aromatic nitrogens is 2. The Kier molecular flexibility index (Phi) is 5.21. The average molecular weight is 465 g/mol. The summed E-state index contributed by atoms with van der Waals surface area (Å²) < 4.78 is 16.5. The van der Waals surface area contributed by atoms with Gasteiger partial charge in [-0.2, -0.15) is 0 Å². The fourth-order valence-corrected chi connectivity index (χ4v) is 4.60. The minimum atomic E-state index is -0.916. The third kappa shape index (κ3) is 3.58. The van der Waals surface area contributed by atoms with Crippen molar-refractivity contribution in [1.82, 2.24) is 10.2 Å². The molecule has 0 unspecified atom stereocenters. The highest BCUT2D eigenvalue weighted by molar-refractivity contribution is 7.15. The summed E-state index contributed by atoms with van der Waals surface area (Å²) in [5, 5.41) is 20.2. The molecule has 0 saturated carbocycles. The summed E-state index contributed by atoms with van der Waals surface area (Å²) in [6, 6.07) is 10.9. The van der Waals surface area contributed by atoms with Crippen molar-refractivity contribution >= 4 is 33.9 Å². The fourth-order valence-electron chi connectivity index (χ4n) is 3.89. The third-order valence-corrected chi connectivity index (χ3v) is 6.23. The first-order chi connectivity index (χ1) is 16.0. The topological polar surface area (TPSA) is 111 Å². The lowest BCUT2D eigenvalue weighted by Crippen LogP contribution is -2.29. The van der Waals surface area contributed by atoms with Crippen molar-refractivity contribution < 1.29 is 28.9 Å². The molecule has 10 heteroatoms. The molecule has 1 amide bonds. The molecule has 1 atom stereocenters. The molecule has 5 rings (SSSR count). The molecule has 1 aromatic heterocycles. The Morgan fingerprint density at radius 3 is 2.64 bits per heavy atom. The Morgan fingerprint density at radius 2 is 1.91 bits per heavy atom. The van der Waals surface area contributed by atoms with Gasteiger partial charge in [0.25, 0.3) is 5.78 Å². The Hall–Kier alpha value is -3.92. The van der Waals surface area contributed by atoms with E-state index < -0.39 is 17.7 Å². The molecule has 3 heterocycles. The smallest absolute Gasteiger partial charge is 0.301 e. The van der Waals surface area contributed by atoms with Gasteiger partial charge >= 0.3 is 5.91 Å². The number of aryl methyl sites for hydroxylation is 1. The molecular formula is C23H19N3O6S. The van der Waals surface area contributed by atoms with Crippen LogP contribution in [0.4, 0.5) is 5.13 Å². The number of benzene rings is 2.